The van der Waals surface area contributed by atoms with Crippen LogP contribution in [0.5, 0.6) is 0 Å². The molecule has 1 fully saturated rings. The number of aryl methyl sites for hydroxylation is 1. The molecule has 0 radical (unpaired) electrons. The van der Waals surface area contributed by atoms with Gasteiger partial charge in [0.1, 0.15) is 5.56 Å². The van der Waals surface area contributed by atoms with Crippen LogP contribution in [0, 0.1) is 18.8 Å². The molecule has 4 atom stereocenters. The van der Waals surface area contributed by atoms with Gasteiger partial charge in [-0.05, 0) is 62.1 Å². The van der Waals surface area contributed by atoms with Gasteiger partial charge in [0.05, 0.1) is 29.3 Å². The van der Waals surface area contributed by atoms with Gasteiger partial charge in [-0.15, -0.1) is 0 Å². The van der Waals surface area contributed by atoms with Gasteiger partial charge >= 0.3 is 5.97 Å². The average Bonchev–Trinajstić information content (AvgIpc) is 3.23. The summed E-state index contributed by atoms with van der Waals surface area (Å²) >= 11 is 0. The summed E-state index contributed by atoms with van der Waals surface area (Å²) in [6.45, 7) is 8.37. The maximum atomic E-state index is 12.5. The Bertz CT molecular complexity index is 1060. The molecular weight excluding hydrogens is 388 g/mol. The van der Waals surface area contributed by atoms with Crippen molar-refractivity contribution in [3.05, 3.63) is 52.3 Å². The minimum atomic E-state index is -2.98. The Labute approximate surface area is 172 Å². The Morgan fingerprint density at radius 1 is 1.24 bits per heavy atom. The molecule has 0 bridgehead atoms. The van der Waals surface area contributed by atoms with Gasteiger partial charge in [0.15, 0.2) is 9.84 Å². The van der Waals surface area contributed by atoms with E-state index in [9.17, 15) is 13.2 Å². The highest BCUT2D eigenvalue weighted by molar-refractivity contribution is 7.94. The number of carbonyl (C=O) groups excluding carboxylic acids is 1. The van der Waals surface area contributed by atoms with Crippen molar-refractivity contribution >= 4 is 15.8 Å². The lowest BCUT2D eigenvalue weighted by Crippen LogP contribution is -2.56. The van der Waals surface area contributed by atoms with Gasteiger partial charge in [0.25, 0.3) is 0 Å². The zero-order chi connectivity index (χ0) is 20.9. The molecule has 0 amide bonds. The quantitative estimate of drug-likeness (QED) is 0.701. The van der Waals surface area contributed by atoms with Gasteiger partial charge in [-0.3, -0.25) is 4.68 Å². The molecule has 1 aliphatic carbocycles. The fraction of sp³-hybridized carbons (Fsp3) is 0.545. The van der Waals surface area contributed by atoms with Crippen molar-refractivity contribution in [1.29, 1.82) is 0 Å². The molecule has 1 aliphatic heterocycles. The number of rotatable bonds is 5. The maximum Gasteiger partial charge on any atom is 0.341 e. The summed E-state index contributed by atoms with van der Waals surface area (Å²) in [7, 11) is -2.98. The third-order valence-corrected chi connectivity index (χ3v) is 9.68. The predicted molar refractivity (Wildman–Crippen MR) is 111 cm³/mol. The van der Waals surface area contributed by atoms with Gasteiger partial charge in [-0.25, -0.2) is 13.2 Å². The van der Waals surface area contributed by atoms with Gasteiger partial charge in [0, 0.05) is 6.20 Å². The number of sulfone groups is 1. The molecule has 3 unspecified atom stereocenters. The van der Waals surface area contributed by atoms with Crippen LogP contribution < -0.4 is 0 Å². The first-order valence-electron chi connectivity index (χ1n) is 10.3. The van der Waals surface area contributed by atoms with E-state index in [0.29, 0.717) is 24.4 Å². The van der Waals surface area contributed by atoms with Crippen molar-refractivity contribution in [2.24, 2.45) is 11.8 Å². The molecule has 0 saturated carbocycles. The number of benzene rings is 1. The number of nitrogens with zero attached hydrogens (tertiary/aromatic N) is 2. The molecule has 0 spiro atoms. The molecule has 156 valence electrons. The number of carbonyl (C=O) groups is 1. The van der Waals surface area contributed by atoms with Crippen molar-refractivity contribution in [2.45, 2.75) is 57.6 Å². The SMILES string of the molecule is CCOC(=O)c1cn(Cc2ccc3c(c2)C[C@H](C2C(C)C(C)S2(=O)=O)C3)nc1C. The van der Waals surface area contributed by atoms with E-state index in [-0.39, 0.29) is 28.3 Å². The van der Waals surface area contributed by atoms with Crippen LogP contribution in [0.4, 0.5) is 0 Å². The molecule has 4 rings (SSSR count). The van der Waals surface area contributed by atoms with Crippen molar-refractivity contribution in [3.8, 4) is 0 Å². The van der Waals surface area contributed by atoms with Crippen molar-refractivity contribution in [2.75, 3.05) is 6.61 Å². The molecule has 1 aromatic heterocycles. The van der Waals surface area contributed by atoms with Crippen LogP contribution >= 0.6 is 0 Å². The fourth-order valence-electron chi connectivity index (χ4n) is 4.95. The zero-order valence-corrected chi connectivity index (χ0v) is 18.2. The van der Waals surface area contributed by atoms with Gasteiger partial charge < -0.3 is 4.74 Å². The first kappa shape index (κ1) is 20.1. The average molecular weight is 417 g/mol. The van der Waals surface area contributed by atoms with Crippen LogP contribution in [0.1, 0.15) is 53.5 Å². The Balaban J connectivity index is 1.49. The summed E-state index contributed by atoms with van der Waals surface area (Å²) in [6.07, 6.45) is 3.38. The Hall–Kier alpha value is -2.15. The van der Waals surface area contributed by atoms with Crippen LogP contribution in [0.15, 0.2) is 24.4 Å². The smallest absolute Gasteiger partial charge is 0.341 e. The first-order valence-corrected chi connectivity index (χ1v) is 11.9. The lowest BCUT2D eigenvalue weighted by molar-refractivity contribution is 0.0525. The summed E-state index contributed by atoms with van der Waals surface area (Å²) in [5, 5.41) is 4.01. The summed E-state index contributed by atoms with van der Waals surface area (Å²) in [5.41, 5.74) is 4.74. The largest absolute Gasteiger partial charge is 0.462 e. The molecule has 2 aliphatic rings. The summed E-state index contributed by atoms with van der Waals surface area (Å²) in [4.78, 5) is 12.0. The van der Waals surface area contributed by atoms with E-state index in [1.165, 1.54) is 11.1 Å². The Kier molecular flexibility index (Phi) is 5.05. The Morgan fingerprint density at radius 2 is 1.97 bits per heavy atom. The first-order chi connectivity index (χ1) is 13.7. The fourth-order valence-corrected chi connectivity index (χ4v) is 7.51. The Morgan fingerprint density at radius 3 is 2.66 bits per heavy atom. The van der Waals surface area contributed by atoms with Crippen LogP contribution in [0.2, 0.25) is 0 Å². The van der Waals surface area contributed by atoms with Crippen LogP contribution in [-0.2, 0) is 34.0 Å². The molecule has 6 nitrogen and oxygen atoms in total. The maximum absolute atomic E-state index is 12.5. The molecule has 29 heavy (non-hydrogen) atoms. The van der Waals surface area contributed by atoms with Crippen LogP contribution in [-0.4, -0.2) is 41.3 Å². The normalized spacial score (nSPS) is 27.3. The predicted octanol–water partition coefficient (Wildman–Crippen LogP) is 2.95. The van der Waals surface area contributed by atoms with E-state index in [1.807, 2.05) is 6.92 Å². The summed E-state index contributed by atoms with van der Waals surface area (Å²) < 4.78 is 31.8. The zero-order valence-electron chi connectivity index (χ0n) is 17.4. The van der Waals surface area contributed by atoms with E-state index < -0.39 is 9.84 Å². The standard InChI is InChI=1S/C22H28N2O4S/c1-5-28-22(25)20-12-24(23-14(20)3)11-16-6-7-17-9-19(10-18(17)8-16)21-13(2)15(4)29(21,26)27/h6-8,12-13,15,19,21H,5,9-11H2,1-4H3/t13?,15?,19-,21?/m1/s1. The lowest BCUT2D eigenvalue weighted by atomic mass is 9.89. The molecule has 1 aromatic carbocycles. The van der Waals surface area contributed by atoms with E-state index in [2.05, 4.69) is 30.2 Å². The third kappa shape index (κ3) is 3.39. The molecule has 2 heterocycles. The monoisotopic (exact) mass is 416 g/mol. The number of aromatic nitrogens is 2. The minimum Gasteiger partial charge on any atom is -0.462 e. The number of esters is 1. The number of hydrogen-bond donors (Lipinski definition) is 0. The van der Waals surface area contributed by atoms with E-state index in [4.69, 9.17) is 4.74 Å². The van der Waals surface area contributed by atoms with Gasteiger partial charge in [0.2, 0.25) is 0 Å². The second kappa shape index (κ2) is 7.27. The topological polar surface area (TPSA) is 78.3 Å². The highest BCUT2D eigenvalue weighted by Gasteiger charge is 2.54. The van der Waals surface area contributed by atoms with Crippen LogP contribution in [0.25, 0.3) is 0 Å². The molecular formula is C22H28N2O4S. The van der Waals surface area contributed by atoms with Crippen molar-refractivity contribution in [1.82, 2.24) is 9.78 Å². The number of ether oxygens (including phenoxy) is 1. The van der Waals surface area contributed by atoms with E-state index in [0.717, 1.165) is 18.4 Å². The van der Waals surface area contributed by atoms with Gasteiger partial charge in [-0.1, -0.05) is 25.1 Å². The highest BCUT2D eigenvalue weighted by atomic mass is 32.2. The van der Waals surface area contributed by atoms with E-state index >= 15 is 0 Å². The van der Waals surface area contributed by atoms with E-state index in [1.54, 1.807) is 24.7 Å². The second-order valence-corrected chi connectivity index (χ2v) is 10.9. The minimum absolute atomic E-state index is 0.179. The van der Waals surface area contributed by atoms with Crippen molar-refractivity contribution in [3.63, 3.8) is 0 Å². The van der Waals surface area contributed by atoms with Crippen LogP contribution in [0.3, 0.4) is 0 Å². The highest BCUT2D eigenvalue weighted by Crippen LogP contribution is 2.44. The molecule has 0 N–H and O–H groups in total. The number of fused-ring (bicyclic) bond motifs is 1. The third-order valence-electron chi connectivity index (χ3n) is 6.64. The molecule has 7 heteroatoms. The molecule has 2 aromatic rings. The van der Waals surface area contributed by atoms with Gasteiger partial charge in [-0.2, -0.15) is 5.10 Å². The number of hydrogen-bond acceptors (Lipinski definition) is 5. The van der Waals surface area contributed by atoms with Crippen molar-refractivity contribution < 1.29 is 17.9 Å². The second-order valence-electron chi connectivity index (χ2n) is 8.44. The lowest BCUT2D eigenvalue weighted by Gasteiger charge is -2.43. The summed E-state index contributed by atoms with van der Waals surface area (Å²) in [6, 6.07) is 6.35. The summed E-state index contributed by atoms with van der Waals surface area (Å²) in [5.74, 6) is 0.0593. The molecule has 1 saturated heterocycles.